The molecular formula is C22H32N2O4. The fourth-order valence-corrected chi connectivity index (χ4v) is 3.90. The van der Waals surface area contributed by atoms with Crippen molar-refractivity contribution in [2.75, 3.05) is 33.9 Å². The molecule has 6 nitrogen and oxygen atoms in total. The number of ether oxygens (including phenoxy) is 2. The fourth-order valence-electron chi connectivity index (χ4n) is 3.90. The molecule has 1 aromatic carbocycles. The topological polar surface area (TPSA) is 67.9 Å². The molecule has 1 aliphatic carbocycles. The molecule has 0 radical (unpaired) electrons. The van der Waals surface area contributed by atoms with E-state index in [1.807, 2.05) is 23.1 Å². The van der Waals surface area contributed by atoms with E-state index in [1.54, 1.807) is 14.2 Å². The number of hydrogen-bond donors (Lipinski definition) is 1. The number of nitrogens with zero attached hydrogens (tertiary/aromatic N) is 1. The first-order chi connectivity index (χ1) is 13.4. The second kappa shape index (κ2) is 8.84. The highest BCUT2D eigenvalue weighted by atomic mass is 16.5. The van der Waals surface area contributed by atoms with Crippen molar-refractivity contribution in [1.82, 2.24) is 10.2 Å². The summed E-state index contributed by atoms with van der Waals surface area (Å²) >= 11 is 0. The molecule has 2 aliphatic rings. The third-order valence-corrected chi connectivity index (χ3v) is 5.75. The zero-order chi connectivity index (χ0) is 20.3. The summed E-state index contributed by atoms with van der Waals surface area (Å²) in [7, 11) is 3.25. The van der Waals surface area contributed by atoms with Gasteiger partial charge in [0.05, 0.1) is 20.1 Å². The molecule has 1 saturated carbocycles. The highest BCUT2D eigenvalue weighted by molar-refractivity contribution is 5.85. The van der Waals surface area contributed by atoms with E-state index in [9.17, 15) is 9.59 Å². The van der Waals surface area contributed by atoms with Crippen LogP contribution in [-0.4, -0.2) is 50.6 Å². The van der Waals surface area contributed by atoms with Gasteiger partial charge in [-0.25, -0.2) is 0 Å². The van der Waals surface area contributed by atoms with Crippen LogP contribution in [0.5, 0.6) is 11.5 Å². The number of benzene rings is 1. The number of likely N-dealkylation sites (tertiary alicyclic amines) is 1. The molecule has 1 heterocycles. The lowest BCUT2D eigenvalue weighted by atomic mass is 9.87. The van der Waals surface area contributed by atoms with Crippen molar-refractivity contribution in [1.29, 1.82) is 0 Å². The molecule has 1 N–H and O–H groups in total. The van der Waals surface area contributed by atoms with Gasteiger partial charge in [0.15, 0.2) is 0 Å². The number of nitrogens with one attached hydrogen (secondary N) is 1. The predicted molar refractivity (Wildman–Crippen MR) is 108 cm³/mol. The first-order valence-electron chi connectivity index (χ1n) is 10.2. The van der Waals surface area contributed by atoms with Gasteiger partial charge in [-0.15, -0.1) is 0 Å². The van der Waals surface area contributed by atoms with Crippen molar-refractivity contribution in [3.8, 4) is 11.5 Å². The number of methoxy groups -OCH3 is 2. The van der Waals surface area contributed by atoms with E-state index in [2.05, 4.69) is 19.2 Å². The molecule has 1 aliphatic heterocycles. The number of amides is 2. The van der Waals surface area contributed by atoms with Crippen LogP contribution < -0.4 is 14.8 Å². The predicted octanol–water partition coefficient (Wildman–Crippen LogP) is 2.82. The molecule has 2 amide bonds. The highest BCUT2D eigenvalue weighted by Gasteiger charge is 2.44. The molecule has 154 valence electrons. The fraction of sp³-hybridized carbons (Fsp3) is 0.636. The van der Waals surface area contributed by atoms with E-state index in [1.165, 1.54) is 0 Å². The summed E-state index contributed by atoms with van der Waals surface area (Å²) in [6.07, 6.45) is 2.87. The maximum atomic E-state index is 13.0. The van der Waals surface area contributed by atoms with Crippen LogP contribution in [0, 0.1) is 17.8 Å². The Labute approximate surface area is 167 Å². The van der Waals surface area contributed by atoms with Gasteiger partial charge in [0, 0.05) is 37.0 Å². The van der Waals surface area contributed by atoms with E-state index in [-0.39, 0.29) is 29.6 Å². The minimum absolute atomic E-state index is 0.0154. The van der Waals surface area contributed by atoms with Gasteiger partial charge in [0.1, 0.15) is 11.5 Å². The van der Waals surface area contributed by atoms with Gasteiger partial charge in [-0.05, 0) is 43.4 Å². The summed E-state index contributed by atoms with van der Waals surface area (Å²) in [4.78, 5) is 27.5. The van der Waals surface area contributed by atoms with Crippen LogP contribution in [0.1, 0.15) is 44.6 Å². The lowest BCUT2D eigenvalue weighted by Crippen LogP contribution is -2.36. The van der Waals surface area contributed by atoms with Crippen molar-refractivity contribution in [2.24, 2.45) is 17.8 Å². The Bertz CT molecular complexity index is 714. The van der Waals surface area contributed by atoms with Crippen molar-refractivity contribution >= 4 is 11.8 Å². The molecule has 0 bridgehead atoms. The average molecular weight is 389 g/mol. The Kier molecular flexibility index (Phi) is 6.47. The van der Waals surface area contributed by atoms with Gasteiger partial charge in [0.25, 0.3) is 0 Å². The molecule has 3 rings (SSSR count). The normalized spacial score (nSPS) is 21.7. The van der Waals surface area contributed by atoms with Crippen molar-refractivity contribution in [2.45, 2.75) is 39.0 Å². The Morgan fingerprint density at radius 1 is 1.18 bits per heavy atom. The zero-order valence-corrected chi connectivity index (χ0v) is 17.4. The standard InChI is InChI=1S/C22H32N2O4/c1-14(2)9-10-23-21(25)19-13-24(22(26)15-5-6-15)12-18(19)17-11-16(27-3)7-8-20(17)28-4/h7-8,11,14-15,18-19H,5-6,9-10,12-13H2,1-4H3,(H,23,25)/t18-,19+/m1/s1. The van der Waals surface area contributed by atoms with E-state index in [4.69, 9.17) is 9.47 Å². The third-order valence-electron chi connectivity index (χ3n) is 5.75. The van der Waals surface area contributed by atoms with Crippen LogP contribution in [0.4, 0.5) is 0 Å². The third kappa shape index (κ3) is 4.59. The summed E-state index contributed by atoms with van der Waals surface area (Å²) in [5.41, 5.74) is 0.928. The molecule has 0 unspecified atom stereocenters. The van der Waals surface area contributed by atoms with Gasteiger partial charge < -0.3 is 19.7 Å². The van der Waals surface area contributed by atoms with Gasteiger partial charge in [-0.3, -0.25) is 9.59 Å². The first kappa shape index (κ1) is 20.5. The van der Waals surface area contributed by atoms with Gasteiger partial charge in [-0.1, -0.05) is 13.8 Å². The molecule has 0 spiro atoms. The average Bonchev–Trinajstić information content (AvgIpc) is 3.44. The Balaban J connectivity index is 1.84. The Hall–Kier alpha value is -2.24. The maximum Gasteiger partial charge on any atom is 0.225 e. The summed E-state index contributed by atoms with van der Waals surface area (Å²) in [5, 5.41) is 3.08. The van der Waals surface area contributed by atoms with Crippen LogP contribution in [0.2, 0.25) is 0 Å². The minimum atomic E-state index is -0.282. The second-order valence-electron chi connectivity index (χ2n) is 8.31. The Morgan fingerprint density at radius 2 is 1.93 bits per heavy atom. The number of carbonyl (C=O) groups is 2. The van der Waals surface area contributed by atoms with E-state index in [0.717, 1.165) is 36.3 Å². The molecule has 6 heteroatoms. The van der Waals surface area contributed by atoms with E-state index in [0.29, 0.717) is 25.6 Å². The Morgan fingerprint density at radius 3 is 2.54 bits per heavy atom. The molecular weight excluding hydrogens is 356 g/mol. The summed E-state index contributed by atoms with van der Waals surface area (Å²) in [6, 6.07) is 5.65. The quantitative estimate of drug-likeness (QED) is 0.744. The van der Waals surface area contributed by atoms with Crippen molar-refractivity contribution in [3.05, 3.63) is 23.8 Å². The number of rotatable bonds is 8. The summed E-state index contributed by atoms with van der Waals surface area (Å²) in [5.74, 6) is 1.95. The maximum absolute atomic E-state index is 13.0. The number of carbonyl (C=O) groups excluding carboxylic acids is 2. The SMILES string of the molecule is COc1ccc(OC)c([C@H]2CN(C(=O)C3CC3)C[C@@H]2C(=O)NCCC(C)C)c1. The van der Waals surface area contributed by atoms with Crippen molar-refractivity contribution in [3.63, 3.8) is 0 Å². The first-order valence-corrected chi connectivity index (χ1v) is 10.2. The monoisotopic (exact) mass is 388 g/mol. The van der Waals surface area contributed by atoms with Crippen LogP contribution in [0.3, 0.4) is 0 Å². The smallest absolute Gasteiger partial charge is 0.225 e. The van der Waals surface area contributed by atoms with Gasteiger partial charge >= 0.3 is 0 Å². The van der Waals surface area contributed by atoms with Crippen molar-refractivity contribution < 1.29 is 19.1 Å². The van der Waals surface area contributed by atoms with E-state index >= 15 is 0 Å². The van der Waals surface area contributed by atoms with E-state index < -0.39 is 0 Å². The molecule has 2 atom stereocenters. The van der Waals surface area contributed by atoms with Crippen LogP contribution >= 0.6 is 0 Å². The largest absolute Gasteiger partial charge is 0.497 e. The molecule has 1 saturated heterocycles. The van der Waals surface area contributed by atoms with Crippen LogP contribution in [0.15, 0.2) is 18.2 Å². The van der Waals surface area contributed by atoms with Gasteiger partial charge in [0.2, 0.25) is 11.8 Å². The summed E-state index contributed by atoms with van der Waals surface area (Å²) in [6.45, 7) is 5.95. The molecule has 0 aromatic heterocycles. The summed E-state index contributed by atoms with van der Waals surface area (Å²) < 4.78 is 10.9. The van der Waals surface area contributed by atoms with Crippen LogP contribution in [-0.2, 0) is 9.59 Å². The number of hydrogen-bond acceptors (Lipinski definition) is 4. The van der Waals surface area contributed by atoms with Gasteiger partial charge in [-0.2, -0.15) is 0 Å². The second-order valence-corrected chi connectivity index (χ2v) is 8.31. The lowest BCUT2D eigenvalue weighted by Gasteiger charge is -2.21. The lowest BCUT2D eigenvalue weighted by molar-refractivity contribution is -0.132. The molecule has 28 heavy (non-hydrogen) atoms. The zero-order valence-electron chi connectivity index (χ0n) is 17.4. The highest BCUT2D eigenvalue weighted by Crippen LogP contribution is 2.41. The minimum Gasteiger partial charge on any atom is -0.497 e. The molecule has 1 aromatic rings. The van der Waals surface area contributed by atoms with Crippen LogP contribution in [0.25, 0.3) is 0 Å². The molecule has 2 fully saturated rings.